The van der Waals surface area contributed by atoms with E-state index in [9.17, 15) is 4.79 Å². The van der Waals surface area contributed by atoms with Gasteiger partial charge in [0.05, 0.1) is 11.7 Å². The zero-order valence-corrected chi connectivity index (χ0v) is 15.7. The minimum absolute atomic E-state index is 0.00534. The number of thiophene rings is 1. The Morgan fingerprint density at radius 3 is 2.93 bits per heavy atom. The fourth-order valence-electron chi connectivity index (χ4n) is 3.89. The van der Waals surface area contributed by atoms with Crippen molar-refractivity contribution in [3.8, 4) is 11.3 Å². The fourth-order valence-corrected chi connectivity index (χ4v) is 5.10. The zero-order valence-electron chi connectivity index (χ0n) is 14.9. The van der Waals surface area contributed by atoms with E-state index in [0.29, 0.717) is 12.5 Å². The summed E-state index contributed by atoms with van der Waals surface area (Å²) in [5.74, 6) is 0.820. The van der Waals surface area contributed by atoms with Crippen LogP contribution in [0.3, 0.4) is 0 Å². The Morgan fingerprint density at radius 2 is 2.15 bits per heavy atom. The number of carbonyl (C=O) groups is 1. The molecule has 5 heterocycles. The van der Waals surface area contributed by atoms with Crippen LogP contribution < -0.4 is 16.2 Å². The van der Waals surface area contributed by atoms with Crippen molar-refractivity contribution >= 4 is 23.1 Å². The van der Waals surface area contributed by atoms with Crippen molar-refractivity contribution in [1.29, 1.82) is 0 Å². The highest BCUT2D eigenvalue weighted by molar-refractivity contribution is 7.12. The number of pyridine rings is 1. The van der Waals surface area contributed by atoms with Gasteiger partial charge in [-0.15, -0.1) is 11.3 Å². The SMILES string of the molecule is Cn1nc(-c2cccnc2)c2c1NC(=O)CC2c1ccc(C2CCNN2)s1. The third-order valence-electron chi connectivity index (χ3n) is 5.18. The Kier molecular flexibility index (Phi) is 4.04. The predicted molar refractivity (Wildman–Crippen MR) is 104 cm³/mol. The summed E-state index contributed by atoms with van der Waals surface area (Å²) >= 11 is 1.78. The third-order valence-corrected chi connectivity index (χ3v) is 6.50. The Balaban J connectivity index is 1.60. The molecule has 8 heteroatoms. The van der Waals surface area contributed by atoms with E-state index in [4.69, 9.17) is 5.10 Å². The molecule has 3 N–H and O–H groups in total. The lowest BCUT2D eigenvalue weighted by Crippen LogP contribution is -2.24. The Labute approximate surface area is 160 Å². The summed E-state index contributed by atoms with van der Waals surface area (Å²) < 4.78 is 1.76. The first-order chi connectivity index (χ1) is 13.2. The molecule has 2 aliphatic rings. The maximum absolute atomic E-state index is 12.4. The lowest BCUT2D eigenvalue weighted by Gasteiger charge is -2.23. The highest BCUT2D eigenvalue weighted by atomic mass is 32.1. The van der Waals surface area contributed by atoms with Gasteiger partial charge in [-0.1, -0.05) is 0 Å². The summed E-state index contributed by atoms with van der Waals surface area (Å²) in [5.41, 5.74) is 9.44. The van der Waals surface area contributed by atoms with Crippen LogP contribution in [0.1, 0.15) is 40.1 Å². The second-order valence-electron chi connectivity index (χ2n) is 6.93. The van der Waals surface area contributed by atoms with Crippen molar-refractivity contribution in [2.45, 2.75) is 24.8 Å². The molecule has 138 valence electrons. The molecule has 3 aromatic rings. The minimum Gasteiger partial charge on any atom is -0.311 e. The van der Waals surface area contributed by atoms with E-state index in [2.05, 4.69) is 33.3 Å². The number of anilines is 1. The number of hydrazine groups is 1. The maximum atomic E-state index is 12.4. The van der Waals surface area contributed by atoms with E-state index in [1.54, 1.807) is 22.2 Å². The van der Waals surface area contributed by atoms with Crippen molar-refractivity contribution in [1.82, 2.24) is 25.6 Å². The van der Waals surface area contributed by atoms with E-state index >= 15 is 0 Å². The number of hydrogen-bond donors (Lipinski definition) is 3. The minimum atomic E-state index is 0.00534. The molecule has 0 aliphatic carbocycles. The van der Waals surface area contributed by atoms with Crippen LogP contribution in [0.4, 0.5) is 5.82 Å². The normalized spacial score (nSPS) is 21.9. The van der Waals surface area contributed by atoms with Gasteiger partial charge in [0.2, 0.25) is 5.91 Å². The molecule has 1 fully saturated rings. The van der Waals surface area contributed by atoms with Crippen LogP contribution in [-0.2, 0) is 11.8 Å². The van der Waals surface area contributed by atoms with Gasteiger partial charge in [-0.2, -0.15) is 5.10 Å². The second kappa shape index (κ2) is 6.56. The molecule has 0 bridgehead atoms. The molecule has 3 aromatic heterocycles. The standard InChI is InChI=1S/C19H20N6OS/c1-25-19-17(18(24-25)11-3-2-7-20-10-11)12(9-16(26)22-19)14-4-5-15(27-14)13-6-8-21-23-13/h2-5,7,10,12-13,21,23H,6,8-9H2,1H3,(H,22,26). The van der Waals surface area contributed by atoms with Crippen LogP contribution >= 0.6 is 11.3 Å². The Bertz CT molecular complexity index is 989. The third kappa shape index (κ3) is 2.86. The van der Waals surface area contributed by atoms with Crippen LogP contribution in [0.15, 0.2) is 36.7 Å². The molecule has 2 aliphatic heterocycles. The van der Waals surface area contributed by atoms with E-state index < -0.39 is 0 Å². The topological polar surface area (TPSA) is 83.9 Å². The average molecular weight is 380 g/mol. The van der Waals surface area contributed by atoms with Crippen molar-refractivity contribution in [3.05, 3.63) is 52.0 Å². The molecule has 1 amide bonds. The zero-order chi connectivity index (χ0) is 18.4. The van der Waals surface area contributed by atoms with Crippen molar-refractivity contribution in [3.63, 3.8) is 0 Å². The monoisotopic (exact) mass is 380 g/mol. The molecule has 7 nitrogen and oxygen atoms in total. The highest BCUT2D eigenvalue weighted by Crippen LogP contribution is 2.45. The number of nitrogens with one attached hydrogen (secondary N) is 3. The first-order valence-electron chi connectivity index (χ1n) is 9.06. The quantitative estimate of drug-likeness (QED) is 0.650. The van der Waals surface area contributed by atoms with Crippen molar-refractivity contribution < 1.29 is 4.79 Å². The van der Waals surface area contributed by atoms with Gasteiger partial charge < -0.3 is 5.32 Å². The molecule has 27 heavy (non-hydrogen) atoms. The molecular weight excluding hydrogens is 360 g/mol. The van der Waals surface area contributed by atoms with Gasteiger partial charge in [0.15, 0.2) is 0 Å². The Hall–Kier alpha value is -2.55. The smallest absolute Gasteiger partial charge is 0.226 e. The van der Waals surface area contributed by atoms with Gasteiger partial charge in [-0.05, 0) is 30.7 Å². The molecule has 2 atom stereocenters. The van der Waals surface area contributed by atoms with Crippen LogP contribution in [0.5, 0.6) is 0 Å². The van der Waals surface area contributed by atoms with Crippen molar-refractivity contribution in [2.75, 3.05) is 11.9 Å². The van der Waals surface area contributed by atoms with Gasteiger partial charge in [0, 0.05) is 59.2 Å². The van der Waals surface area contributed by atoms with E-state index in [-0.39, 0.29) is 11.8 Å². The number of aromatic nitrogens is 3. The fraction of sp³-hybridized carbons (Fsp3) is 0.316. The molecular formula is C19H20N6OS. The highest BCUT2D eigenvalue weighted by Gasteiger charge is 2.34. The first kappa shape index (κ1) is 16.6. The summed E-state index contributed by atoms with van der Waals surface area (Å²) in [6, 6.07) is 8.60. The van der Waals surface area contributed by atoms with Crippen LogP contribution in [-0.4, -0.2) is 27.2 Å². The van der Waals surface area contributed by atoms with E-state index in [0.717, 1.165) is 35.6 Å². The van der Waals surface area contributed by atoms with Gasteiger partial charge >= 0.3 is 0 Å². The largest absolute Gasteiger partial charge is 0.311 e. The van der Waals surface area contributed by atoms with Gasteiger partial charge in [0.1, 0.15) is 5.82 Å². The van der Waals surface area contributed by atoms with E-state index in [1.165, 1.54) is 9.75 Å². The van der Waals surface area contributed by atoms with Crippen LogP contribution in [0, 0.1) is 0 Å². The maximum Gasteiger partial charge on any atom is 0.226 e. The number of fused-ring (bicyclic) bond motifs is 1. The molecule has 5 rings (SSSR count). The summed E-state index contributed by atoms with van der Waals surface area (Å²) in [4.78, 5) is 19.1. The molecule has 0 spiro atoms. The number of nitrogens with zero attached hydrogens (tertiary/aromatic N) is 3. The number of carbonyl (C=O) groups excluding carboxylic acids is 1. The molecule has 0 saturated carbocycles. The second-order valence-corrected chi connectivity index (χ2v) is 8.08. The van der Waals surface area contributed by atoms with Crippen molar-refractivity contribution in [2.24, 2.45) is 7.05 Å². The summed E-state index contributed by atoms with van der Waals surface area (Å²) in [6.07, 6.45) is 5.09. The van der Waals surface area contributed by atoms with Crippen LogP contribution in [0.25, 0.3) is 11.3 Å². The predicted octanol–water partition coefficient (Wildman–Crippen LogP) is 2.56. The summed E-state index contributed by atoms with van der Waals surface area (Å²) in [6.45, 7) is 0.974. The van der Waals surface area contributed by atoms with Crippen LogP contribution in [0.2, 0.25) is 0 Å². The molecule has 2 unspecified atom stereocenters. The number of amides is 1. The lowest BCUT2D eigenvalue weighted by molar-refractivity contribution is -0.116. The molecule has 0 aromatic carbocycles. The van der Waals surface area contributed by atoms with Gasteiger partial charge in [0.25, 0.3) is 0 Å². The van der Waals surface area contributed by atoms with Gasteiger partial charge in [-0.3, -0.25) is 19.9 Å². The lowest BCUT2D eigenvalue weighted by atomic mass is 9.89. The van der Waals surface area contributed by atoms with Gasteiger partial charge in [-0.25, -0.2) is 5.43 Å². The number of aryl methyl sites for hydroxylation is 1. The average Bonchev–Trinajstić information content (AvgIpc) is 3.42. The Morgan fingerprint density at radius 1 is 1.26 bits per heavy atom. The summed E-state index contributed by atoms with van der Waals surface area (Å²) in [5, 5.41) is 7.70. The van der Waals surface area contributed by atoms with E-state index in [1.807, 2.05) is 25.4 Å². The molecule has 0 radical (unpaired) electrons. The number of rotatable bonds is 3. The molecule has 1 saturated heterocycles. The summed E-state index contributed by atoms with van der Waals surface area (Å²) in [7, 11) is 1.87. The number of hydrogen-bond acceptors (Lipinski definition) is 6. The first-order valence-corrected chi connectivity index (χ1v) is 9.87.